The topological polar surface area (TPSA) is 67.7 Å². The summed E-state index contributed by atoms with van der Waals surface area (Å²) in [6.07, 6.45) is 7.86. The number of benzene rings is 2. The van der Waals surface area contributed by atoms with Gasteiger partial charge in [0.1, 0.15) is 5.75 Å². The Bertz CT molecular complexity index is 1400. The van der Waals surface area contributed by atoms with Gasteiger partial charge in [0.15, 0.2) is 0 Å². The highest BCUT2D eigenvalue weighted by molar-refractivity contribution is 5.95. The van der Waals surface area contributed by atoms with E-state index in [1.54, 1.807) is 4.57 Å². The molecule has 0 N–H and O–H groups in total. The molecule has 2 aromatic carbocycles. The Morgan fingerprint density at radius 2 is 1.81 bits per heavy atom. The third-order valence-corrected chi connectivity index (χ3v) is 6.79. The normalized spacial score (nSPS) is 13.5. The van der Waals surface area contributed by atoms with Crippen LogP contribution in [0.1, 0.15) is 24.8 Å². The summed E-state index contributed by atoms with van der Waals surface area (Å²) in [6, 6.07) is 21.5. The first-order chi connectivity index (χ1) is 18.2. The molecule has 7 heteroatoms. The van der Waals surface area contributed by atoms with Crippen LogP contribution in [-0.4, -0.2) is 46.6 Å². The lowest BCUT2D eigenvalue weighted by atomic mass is 10.2. The molecule has 3 heterocycles. The third kappa shape index (κ3) is 6.24. The predicted molar refractivity (Wildman–Crippen MR) is 146 cm³/mol. The number of aromatic nitrogens is 2. The zero-order valence-electron chi connectivity index (χ0n) is 21.0. The van der Waals surface area contributed by atoms with Crippen LogP contribution < -0.4 is 15.2 Å². The van der Waals surface area contributed by atoms with Gasteiger partial charge in [-0.15, -0.1) is 0 Å². The van der Waals surface area contributed by atoms with Crippen molar-refractivity contribution in [2.45, 2.75) is 32.4 Å². The fourth-order valence-corrected chi connectivity index (χ4v) is 4.81. The van der Waals surface area contributed by atoms with Crippen molar-refractivity contribution in [1.82, 2.24) is 14.5 Å². The third-order valence-electron chi connectivity index (χ3n) is 6.79. The maximum absolute atomic E-state index is 13.0. The summed E-state index contributed by atoms with van der Waals surface area (Å²) in [7, 11) is 0. The van der Waals surface area contributed by atoms with Gasteiger partial charge in [0, 0.05) is 74.9 Å². The van der Waals surface area contributed by atoms with Gasteiger partial charge in [0.05, 0.1) is 6.61 Å². The molecule has 0 saturated carbocycles. The molecule has 1 amide bonds. The molecule has 0 aliphatic carbocycles. The molecule has 1 aliphatic heterocycles. The molecule has 1 saturated heterocycles. The molecule has 1 fully saturated rings. The van der Waals surface area contributed by atoms with E-state index < -0.39 is 0 Å². The Balaban J connectivity index is 1.19. The number of hydrogen-bond donors (Lipinski definition) is 0. The smallest absolute Gasteiger partial charge is 0.258 e. The minimum Gasteiger partial charge on any atom is -0.493 e. The zero-order valence-corrected chi connectivity index (χ0v) is 21.0. The highest BCUT2D eigenvalue weighted by Gasteiger charge is 2.21. The van der Waals surface area contributed by atoms with E-state index in [2.05, 4.69) is 9.88 Å². The second-order valence-corrected chi connectivity index (χ2v) is 9.38. The quantitative estimate of drug-likeness (QED) is 0.286. The molecule has 4 aromatic rings. The van der Waals surface area contributed by atoms with Gasteiger partial charge in [-0.2, -0.15) is 0 Å². The average molecular weight is 497 g/mol. The zero-order chi connectivity index (χ0) is 25.5. The van der Waals surface area contributed by atoms with Crippen LogP contribution in [-0.2, 0) is 17.9 Å². The number of rotatable bonds is 11. The van der Waals surface area contributed by atoms with Crippen molar-refractivity contribution in [2.24, 2.45) is 0 Å². The molecular weight excluding hydrogens is 464 g/mol. The van der Waals surface area contributed by atoms with E-state index in [0.717, 1.165) is 61.2 Å². The summed E-state index contributed by atoms with van der Waals surface area (Å²) in [5.41, 5.74) is 2.13. The van der Waals surface area contributed by atoms with E-state index in [1.165, 1.54) is 5.56 Å². The second-order valence-electron chi connectivity index (χ2n) is 9.38. The van der Waals surface area contributed by atoms with Crippen LogP contribution in [0.25, 0.3) is 10.8 Å². The van der Waals surface area contributed by atoms with Crippen molar-refractivity contribution in [2.75, 3.05) is 31.1 Å². The van der Waals surface area contributed by atoms with Gasteiger partial charge in [-0.05, 0) is 60.2 Å². The van der Waals surface area contributed by atoms with Crippen molar-refractivity contribution in [1.29, 1.82) is 0 Å². The van der Waals surface area contributed by atoms with Crippen LogP contribution >= 0.6 is 0 Å². The van der Waals surface area contributed by atoms with Gasteiger partial charge >= 0.3 is 0 Å². The van der Waals surface area contributed by atoms with Crippen LogP contribution in [0.4, 0.5) is 5.69 Å². The van der Waals surface area contributed by atoms with Gasteiger partial charge in [0.2, 0.25) is 5.91 Å². The Kier molecular flexibility index (Phi) is 7.91. The number of nitrogens with zero attached hydrogens (tertiary/aromatic N) is 4. The van der Waals surface area contributed by atoms with E-state index in [4.69, 9.17) is 4.74 Å². The number of hydrogen-bond acceptors (Lipinski definition) is 5. The summed E-state index contributed by atoms with van der Waals surface area (Å²) in [5.74, 6) is 0.954. The molecule has 190 valence electrons. The number of pyridine rings is 2. The molecule has 2 aromatic heterocycles. The monoisotopic (exact) mass is 496 g/mol. The van der Waals surface area contributed by atoms with Crippen LogP contribution in [0.5, 0.6) is 5.75 Å². The molecule has 0 radical (unpaired) electrons. The molecular formula is C30H32N4O3. The molecule has 5 rings (SSSR count). The van der Waals surface area contributed by atoms with Crippen LogP contribution in [0, 0.1) is 0 Å². The van der Waals surface area contributed by atoms with E-state index in [1.807, 2.05) is 90.2 Å². The summed E-state index contributed by atoms with van der Waals surface area (Å²) in [6.45, 7) is 4.30. The Morgan fingerprint density at radius 1 is 0.946 bits per heavy atom. The van der Waals surface area contributed by atoms with Gasteiger partial charge in [0.25, 0.3) is 5.56 Å². The van der Waals surface area contributed by atoms with Crippen molar-refractivity contribution in [3.8, 4) is 5.75 Å². The number of fused-ring (bicyclic) bond motifs is 1. The largest absolute Gasteiger partial charge is 0.493 e. The van der Waals surface area contributed by atoms with Crippen LogP contribution in [0.3, 0.4) is 0 Å². The van der Waals surface area contributed by atoms with Crippen LogP contribution in [0.2, 0.25) is 0 Å². The molecule has 0 bridgehead atoms. The van der Waals surface area contributed by atoms with E-state index in [9.17, 15) is 9.59 Å². The molecule has 0 spiro atoms. The van der Waals surface area contributed by atoms with E-state index >= 15 is 0 Å². The van der Waals surface area contributed by atoms with E-state index in [-0.39, 0.29) is 11.5 Å². The maximum Gasteiger partial charge on any atom is 0.258 e. The van der Waals surface area contributed by atoms with Crippen LogP contribution in [0.15, 0.2) is 90.1 Å². The van der Waals surface area contributed by atoms with E-state index in [0.29, 0.717) is 19.6 Å². The summed E-state index contributed by atoms with van der Waals surface area (Å²) in [4.78, 5) is 33.3. The number of carbonyl (C=O) groups excluding carboxylic acids is 1. The molecule has 0 atom stereocenters. The SMILES string of the molecule is O=C1CCCN1c1cccc(OCCCN(CCn2ccc3ccccc3c2=O)Cc2ccncc2)c1. The van der Waals surface area contributed by atoms with Crippen molar-refractivity contribution >= 4 is 22.4 Å². The number of carbonyl (C=O) groups is 1. The first-order valence-corrected chi connectivity index (χ1v) is 12.9. The molecule has 1 aliphatic rings. The summed E-state index contributed by atoms with van der Waals surface area (Å²) in [5, 5.41) is 1.71. The van der Waals surface area contributed by atoms with Gasteiger partial charge in [-0.3, -0.25) is 19.5 Å². The fourth-order valence-electron chi connectivity index (χ4n) is 4.81. The number of amides is 1. The highest BCUT2D eigenvalue weighted by atomic mass is 16.5. The summed E-state index contributed by atoms with van der Waals surface area (Å²) < 4.78 is 7.84. The van der Waals surface area contributed by atoms with Crippen molar-refractivity contribution in [3.63, 3.8) is 0 Å². The Hall–Kier alpha value is -3.97. The second kappa shape index (κ2) is 11.8. The summed E-state index contributed by atoms with van der Waals surface area (Å²) >= 11 is 0. The number of anilines is 1. The maximum atomic E-state index is 13.0. The highest BCUT2D eigenvalue weighted by Crippen LogP contribution is 2.25. The fraction of sp³-hybridized carbons (Fsp3) is 0.300. The Labute approximate surface area is 216 Å². The first kappa shape index (κ1) is 24.7. The lowest BCUT2D eigenvalue weighted by molar-refractivity contribution is -0.117. The van der Waals surface area contributed by atoms with Crippen molar-refractivity contribution in [3.05, 3.63) is 101 Å². The lowest BCUT2D eigenvalue weighted by Gasteiger charge is -2.23. The number of ether oxygens (including phenoxy) is 1. The van der Waals surface area contributed by atoms with Gasteiger partial charge < -0.3 is 14.2 Å². The average Bonchev–Trinajstić information content (AvgIpc) is 3.37. The Morgan fingerprint density at radius 3 is 2.65 bits per heavy atom. The molecule has 37 heavy (non-hydrogen) atoms. The predicted octanol–water partition coefficient (Wildman–Crippen LogP) is 4.49. The first-order valence-electron chi connectivity index (χ1n) is 12.9. The lowest BCUT2D eigenvalue weighted by Crippen LogP contribution is -2.32. The minimum atomic E-state index is 0.0432. The minimum absolute atomic E-state index is 0.0432. The van der Waals surface area contributed by atoms with Gasteiger partial charge in [-0.25, -0.2) is 0 Å². The van der Waals surface area contributed by atoms with Crippen molar-refractivity contribution < 1.29 is 9.53 Å². The molecule has 0 unspecified atom stereocenters. The standard InChI is InChI=1S/C30H32N4O3/c35-29-10-4-17-34(29)26-7-3-8-27(22-26)37-21-5-16-32(23-24-11-14-31-15-12-24)19-20-33-18-13-25-6-1-2-9-28(25)30(33)36/h1-3,6-9,11-15,18,22H,4-5,10,16-17,19-21,23H2. The molecule has 7 nitrogen and oxygen atoms in total. The van der Waals surface area contributed by atoms with Gasteiger partial charge in [-0.1, -0.05) is 24.3 Å².